The van der Waals surface area contributed by atoms with Gasteiger partial charge < -0.3 is 23.8 Å². The molecule has 0 spiro atoms. The summed E-state index contributed by atoms with van der Waals surface area (Å²) in [5, 5.41) is 9.61. The van der Waals surface area contributed by atoms with Gasteiger partial charge in [-0.2, -0.15) is 0 Å². The van der Waals surface area contributed by atoms with Gasteiger partial charge in [0.25, 0.3) is 0 Å². The normalized spacial score (nSPS) is 13.1. The van der Waals surface area contributed by atoms with E-state index in [1.165, 1.54) is 116 Å². The number of esters is 2. The molecule has 8 heteroatoms. The Labute approximate surface area is 332 Å². The van der Waals surface area contributed by atoms with E-state index in [-0.39, 0.29) is 36.2 Å². The Balaban J connectivity index is 4.28. The first-order valence-corrected chi connectivity index (χ1v) is 22.4. The van der Waals surface area contributed by atoms with Gasteiger partial charge in [-0.1, -0.05) is 173 Å². The highest BCUT2D eigenvalue weighted by atomic mass is 16.6. The lowest BCUT2D eigenvalue weighted by Gasteiger charge is -2.31. The zero-order valence-electron chi connectivity index (χ0n) is 35.9. The van der Waals surface area contributed by atoms with Crippen LogP contribution >= 0.6 is 0 Å². The maximum absolute atomic E-state index is 12.7. The van der Waals surface area contributed by atoms with Gasteiger partial charge in [0.05, 0.1) is 34.4 Å². The van der Waals surface area contributed by atoms with Gasteiger partial charge in [-0.15, -0.1) is 0 Å². The van der Waals surface area contributed by atoms with Crippen molar-refractivity contribution in [3.63, 3.8) is 0 Å². The van der Waals surface area contributed by atoms with Crippen molar-refractivity contribution in [2.45, 2.75) is 212 Å². The smallest absolute Gasteiger partial charge is 0.362 e. The first-order chi connectivity index (χ1) is 26.1. The quantitative estimate of drug-likeness (QED) is 0.0287. The molecule has 0 fully saturated rings. The van der Waals surface area contributed by atoms with Crippen LogP contribution in [-0.4, -0.2) is 80.6 Å². The minimum Gasteiger partial charge on any atom is -0.477 e. The van der Waals surface area contributed by atoms with Gasteiger partial charge in [-0.25, -0.2) is 4.79 Å². The van der Waals surface area contributed by atoms with E-state index in [1.807, 2.05) is 21.1 Å². The molecule has 2 unspecified atom stereocenters. The van der Waals surface area contributed by atoms with Crippen molar-refractivity contribution in [2.24, 2.45) is 0 Å². The summed E-state index contributed by atoms with van der Waals surface area (Å²) >= 11 is 0. The lowest BCUT2D eigenvalue weighted by Crippen LogP contribution is -2.50. The van der Waals surface area contributed by atoms with Crippen LogP contribution in [0.15, 0.2) is 24.3 Å². The van der Waals surface area contributed by atoms with Crippen molar-refractivity contribution >= 4 is 17.9 Å². The van der Waals surface area contributed by atoms with Crippen LogP contribution in [0.3, 0.4) is 0 Å². The molecule has 2 atom stereocenters. The molecule has 0 aromatic carbocycles. The zero-order chi connectivity index (χ0) is 40.0. The van der Waals surface area contributed by atoms with Crippen LogP contribution in [0.4, 0.5) is 0 Å². The second kappa shape index (κ2) is 37.7. The number of unbranched alkanes of at least 4 members (excludes halogenated alkanes) is 23. The number of quaternary nitrogens is 1. The lowest BCUT2D eigenvalue weighted by atomic mass is 10.0. The summed E-state index contributed by atoms with van der Waals surface area (Å²) in [6.45, 7) is 4.67. The monoisotopic (exact) mass is 765 g/mol. The third-order valence-electron chi connectivity index (χ3n) is 10.1. The van der Waals surface area contributed by atoms with Crippen LogP contribution in [0.25, 0.3) is 0 Å². The number of hydrogen-bond acceptors (Lipinski definition) is 6. The van der Waals surface area contributed by atoms with Crippen molar-refractivity contribution < 1.29 is 38.2 Å². The van der Waals surface area contributed by atoms with E-state index in [0.717, 1.165) is 51.4 Å². The molecule has 0 radical (unpaired) electrons. The van der Waals surface area contributed by atoms with Crippen LogP contribution < -0.4 is 0 Å². The molecule has 0 aromatic heterocycles. The van der Waals surface area contributed by atoms with Crippen LogP contribution in [0, 0.1) is 0 Å². The summed E-state index contributed by atoms with van der Waals surface area (Å²) in [5.41, 5.74) is 0. The molecule has 0 saturated heterocycles. The molecule has 0 aromatic rings. The molecule has 1 N–H and O–H groups in total. The van der Waals surface area contributed by atoms with Gasteiger partial charge in [0.15, 0.2) is 12.1 Å². The topological polar surface area (TPSA) is 99.1 Å². The molecule has 0 aliphatic carbocycles. The molecular weight excluding hydrogens is 679 g/mol. The van der Waals surface area contributed by atoms with Crippen molar-refractivity contribution in [2.75, 3.05) is 41.0 Å². The predicted octanol–water partition coefficient (Wildman–Crippen LogP) is 12.1. The number of hydrogen-bond donors (Lipinski definition) is 1. The van der Waals surface area contributed by atoms with Crippen LogP contribution in [0.5, 0.6) is 0 Å². The minimum atomic E-state index is -0.877. The van der Waals surface area contributed by atoms with Gasteiger partial charge in [0.1, 0.15) is 6.61 Å². The standard InChI is InChI=1S/C46H85NO7/c1-6-8-10-12-14-16-18-19-20-21-22-23-24-25-27-29-31-33-35-37-45(49)54-42(40-52-39-38-43(46(50)51)47(3,4)5)41-53-44(48)36-34-32-30-28-26-17-15-13-11-9-7-2/h13,15,17,26,42-43H,6-12,14,16,18-25,27-41H2,1-5H3/p+1/b15-13+,26-17+. The van der Waals surface area contributed by atoms with Crippen LogP contribution in [-0.2, 0) is 28.6 Å². The Kier molecular flexibility index (Phi) is 36.2. The molecule has 316 valence electrons. The highest BCUT2D eigenvalue weighted by Crippen LogP contribution is 2.16. The Hall–Kier alpha value is -2.19. The van der Waals surface area contributed by atoms with Crippen molar-refractivity contribution in [3.05, 3.63) is 24.3 Å². The Bertz CT molecular complexity index is 942. The number of rotatable bonds is 40. The number of carboxylic acids is 1. The third kappa shape index (κ3) is 35.5. The van der Waals surface area contributed by atoms with Gasteiger partial charge in [-0.05, 0) is 32.1 Å². The second-order valence-electron chi connectivity index (χ2n) is 16.3. The fraction of sp³-hybridized carbons (Fsp3) is 0.848. The summed E-state index contributed by atoms with van der Waals surface area (Å²) in [5.74, 6) is -1.49. The number of nitrogens with zero attached hydrogens (tertiary/aromatic N) is 1. The molecule has 54 heavy (non-hydrogen) atoms. The average molecular weight is 765 g/mol. The molecule has 0 aliphatic heterocycles. The number of carbonyl (C=O) groups excluding carboxylic acids is 2. The van der Waals surface area contributed by atoms with Crippen molar-refractivity contribution in [3.8, 4) is 0 Å². The number of carbonyl (C=O) groups is 3. The summed E-state index contributed by atoms with van der Waals surface area (Å²) < 4.78 is 17.2. The largest absolute Gasteiger partial charge is 0.477 e. The van der Waals surface area contributed by atoms with E-state index in [4.69, 9.17) is 14.2 Å². The molecule has 0 bridgehead atoms. The van der Waals surface area contributed by atoms with Gasteiger partial charge >= 0.3 is 17.9 Å². The number of carboxylic acid groups (broad SMARTS) is 1. The number of aliphatic carboxylic acids is 1. The maximum Gasteiger partial charge on any atom is 0.362 e. The maximum atomic E-state index is 12.7. The van der Waals surface area contributed by atoms with Gasteiger partial charge in [-0.3, -0.25) is 9.59 Å². The van der Waals surface area contributed by atoms with Gasteiger partial charge in [0.2, 0.25) is 0 Å². The van der Waals surface area contributed by atoms with Gasteiger partial charge in [0, 0.05) is 19.3 Å². The first kappa shape index (κ1) is 51.8. The SMILES string of the molecule is CCCC/C=C/C=C/CCCCCC(=O)OCC(COCCC(C(=O)O)[N+](C)(C)C)OC(=O)CCCCCCCCCCCCCCCCCCCCC. The van der Waals surface area contributed by atoms with E-state index in [1.54, 1.807) is 0 Å². The van der Waals surface area contributed by atoms with Crippen molar-refractivity contribution in [1.29, 1.82) is 0 Å². The average Bonchev–Trinajstić information content (AvgIpc) is 3.12. The highest BCUT2D eigenvalue weighted by molar-refractivity contribution is 5.72. The lowest BCUT2D eigenvalue weighted by molar-refractivity contribution is -0.887. The molecular formula is C46H86NO7+. The van der Waals surface area contributed by atoms with E-state index in [0.29, 0.717) is 19.3 Å². The molecule has 0 amide bonds. The molecule has 0 saturated carbocycles. The van der Waals surface area contributed by atoms with E-state index < -0.39 is 18.1 Å². The predicted molar refractivity (Wildman–Crippen MR) is 225 cm³/mol. The molecule has 8 nitrogen and oxygen atoms in total. The Morgan fingerprint density at radius 3 is 1.44 bits per heavy atom. The number of ether oxygens (including phenoxy) is 3. The Morgan fingerprint density at radius 1 is 0.556 bits per heavy atom. The van der Waals surface area contributed by atoms with E-state index in [2.05, 4.69) is 38.2 Å². The first-order valence-electron chi connectivity index (χ1n) is 22.4. The molecule has 0 aliphatic rings. The summed E-state index contributed by atoms with van der Waals surface area (Å²) in [7, 11) is 5.52. The summed E-state index contributed by atoms with van der Waals surface area (Å²) in [6, 6.07) is -0.615. The minimum absolute atomic E-state index is 0.0565. The molecule has 0 rings (SSSR count). The van der Waals surface area contributed by atoms with Crippen molar-refractivity contribution in [1.82, 2.24) is 0 Å². The fourth-order valence-electron chi connectivity index (χ4n) is 6.60. The summed E-state index contributed by atoms with van der Waals surface area (Å²) in [6.07, 6.45) is 40.8. The van der Waals surface area contributed by atoms with Crippen LogP contribution in [0.1, 0.15) is 200 Å². The molecule has 0 heterocycles. The fourth-order valence-corrected chi connectivity index (χ4v) is 6.60. The number of allylic oxidation sites excluding steroid dienone is 4. The second-order valence-corrected chi connectivity index (χ2v) is 16.3. The summed E-state index contributed by atoms with van der Waals surface area (Å²) in [4.78, 5) is 36.9. The third-order valence-corrected chi connectivity index (χ3v) is 10.1. The van der Waals surface area contributed by atoms with E-state index >= 15 is 0 Å². The number of likely N-dealkylation sites (N-methyl/N-ethyl adjacent to an activating group) is 1. The zero-order valence-corrected chi connectivity index (χ0v) is 35.9. The Morgan fingerprint density at radius 2 is 0.981 bits per heavy atom. The van der Waals surface area contributed by atoms with E-state index in [9.17, 15) is 19.5 Å². The highest BCUT2D eigenvalue weighted by Gasteiger charge is 2.31. The van der Waals surface area contributed by atoms with Crippen LogP contribution in [0.2, 0.25) is 0 Å².